The second-order valence-corrected chi connectivity index (χ2v) is 4.70. The summed E-state index contributed by atoms with van der Waals surface area (Å²) in [6.07, 6.45) is 1.81. The fraction of sp³-hybridized carbons (Fsp3) is 0.583. The molecule has 2 N–H and O–H groups in total. The lowest BCUT2D eigenvalue weighted by molar-refractivity contribution is 0.0141. The maximum atomic E-state index is 11.8. The van der Waals surface area contributed by atoms with Crippen LogP contribution in [0.1, 0.15) is 31.3 Å². The number of aryl methyl sites for hydroxylation is 1. The van der Waals surface area contributed by atoms with Gasteiger partial charge in [-0.1, -0.05) is 13.8 Å². The number of carbonyl (C=O) groups excluding carboxylic acids is 1. The number of carbonyl (C=O) groups is 1. The van der Waals surface area contributed by atoms with Crippen LogP contribution in [0.5, 0.6) is 0 Å². The highest BCUT2D eigenvalue weighted by molar-refractivity contribution is 5.92. The summed E-state index contributed by atoms with van der Waals surface area (Å²) in [5, 5.41) is 12.7. The van der Waals surface area contributed by atoms with Gasteiger partial charge in [-0.25, -0.2) is 0 Å². The third-order valence-corrected chi connectivity index (χ3v) is 3.03. The molecular formula is C12H20N2O2. The summed E-state index contributed by atoms with van der Waals surface area (Å²) >= 11 is 0. The number of amides is 1. The number of aliphatic hydroxyl groups is 1. The lowest BCUT2D eigenvalue weighted by Gasteiger charge is -2.27. The molecule has 0 saturated carbocycles. The second kappa shape index (κ2) is 4.70. The highest BCUT2D eigenvalue weighted by Gasteiger charge is 2.25. The maximum Gasteiger partial charge on any atom is 0.267 e. The Labute approximate surface area is 96.3 Å². The van der Waals surface area contributed by atoms with Crippen molar-refractivity contribution in [2.45, 2.75) is 26.4 Å². The summed E-state index contributed by atoms with van der Waals surface area (Å²) in [4.78, 5) is 11.8. The lowest BCUT2D eigenvalue weighted by atomic mass is 9.92. The van der Waals surface area contributed by atoms with Gasteiger partial charge in [-0.3, -0.25) is 4.79 Å². The summed E-state index contributed by atoms with van der Waals surface area (Å²) < 4.78 is 1.75. The van der Waals surface area contributed by atoms with Gasteiger partial charge in [0, 0.05) is 19.8 Å². The van der Waals surface area contributed by atoms with Crippen LogP contribution < -0.4 is 5.32 Å². The molecule has 0 bridgehead atoms. The van der Waals surface area contributed by atoms with Gasteiger partial charge in [-0.2, -0.15) is 0 Å². The van der Waals surface area contributed by atoms with Gasteiger partial charge in [0.15, 0.2) is 0 Å². The van der Waals surface area contributed by atoms with Crippen LogP contribution >= 0.6 is 0 Å². The number of nitrogens with one attached hydrogen (secondary N) is 1. The Morgan fingerprint density at radius 2 is 2.25 bits per heavy atom. The normalized spacial score (nSPS) is 14.9. The molecule has 4 heteroatoms. The van der Waals surface area contributed by atoms with Crippen molar-refractivity contribution in [3.05, 3.63) is 24.0 Å². The summed E-state index contributed by atoms with van der Waals surface area (Å²) in [6, 6.07) is 3.56. The number of rotatable bonds is 4. The molecule has 0 aromatic carbocycles. The molecule has 16 heavy (non-hydrogen) atoms. The Morgan fingerprint density at radius 1 is 1.62 bits per heavy atom. The van der Waals surface area contributed by atoms with E-state index in [2.05, 4.69) is 5.32 Å². The van der Waals surface area contributed by atoms with E-state index in [9.17, 15) is 9.90 Å². The third-order valence-electron chi connectivity index (χ3n) is 3.03. The predicted octanol–water partition coefficient (Wildman–Crippen LogP) is 1.16. The number of nitrogens with zero attached hydrogens (tertiary/aromatic N) is 1. The zero-order chi connectivity index (χ0) is 12.3. The monoisotopic (exact) mass is 224 g/mol. The van der Waals surface area contributed by atoms with E-state index < -0.39 is 5.60 Å². The molecule has 1 atom stereocenters. The number of hydrogen-bond acceptors (Lipinski definition) is 2. The van der Waals surface area contributed by atoms with Gasteiger partial charge in [-0.05, 0) is 25.0 Å². The fourth-order valence-electron chi connectivity index (χ4n) is 1.25. The molecule has 0 saturated heterocycles. The standard InChI is InChI=1S/C12H20N2O2/c1-9(2)12(3,16)8-13-11(15)10-6-5-7-14(10)4/h5-7,9,16H,8H2,1-4H3,(H,13,15)/t12-/m0/s1. The van der Waals surface area contributed by atoms with Crippen molar-refractivity contribution >= 4 is 5.91 Å². The molecule has 4 nitrogen and oxygen atoms in total. The van der Waals surface area contributed by atoms with E-state index in [1.807, 2.05) is 33.2 Å². The fourth-order valence-corrected chi connectivity index (χ4v) is 1.25. The van der Waals surface area contributed by atoms with Crippen molar-refractivity contribution < 1.29 is 9.90 Å². The molecule has 90 valence electrons. The van der Waals surface area contributed by atoms with Crippen LogP contribution in [0.3, 0.4) is 0 Å². The molecule has 1 aromatic rings. The quantitative estimate of drug-likeness (QED) is 0.806. The van der Waals surface area contributed by atoms with Crippen LogP contribution in [0.4, 0.5) is 0 Å². The Balaban J connectivity index is 2.58. The Bertz CT molecular complexity index is 367. The maximum absolute atomic E-state index is 11.8. The first-order chi connectivity index (χ1) is 7.34. The minimum absolute atomic E-state index is 0.0983. The third kappa shape index (κ3) is 2.85. The summed E-state index contributed by atoms with van der Waals surface area (Å²) in [5.41, 5.74) is -0.277. The smallest absolute Gasteiger partial charge is 0.267 e. The number of aromatic nitrogens is 1. The summed E-state index contributed by atoms with van der Waals surface area (Å²) in [6.45, 7) is 5.83. The molecule has 0 aliphatic heterocycles. The molecule has 0 aliphatic carbocycles. The van der Waals surface area contributed by atoms with Gasteiger partial charge < -0.3 is 15.0 Å². The van der Waals surface area contributed by atoms with E-state index >= 15 is 0 Å². The Hall–Kier alpha value is -1.29. The van der Waals surface area contributed by atoms with Gasteiger partial charge >= 0.3 is 0 Å². The van der Waals surface area contributed by atoms with E-state index in [-0.39, 0.29) is 18.4 Å². The Morgan fingerprint density at radius 3 is 2.69 bits per heavy atom. The largest absolute Gasteiger partial charge is 0.388 e. The van der Waals surface area contributed by atoms with Crippen LogP contribution in [-0.4, -0.2) is 27.7 Å². The molecular weight excluding hydrogens is 204 g/mol. The first-order valence-corrected chi connectivity index (χ1v) is 5.46. The van der Waals surface area contributed by atoms with E-state index in [1.165, 1.54) is 0 Å². The topological polar surface area (TPSA) is 54.3 Å². The zero-order valence-electron chi connectivity index (χ0n) is 10.3. The SMILES string of the molecule is CC(C)[C@@](C)(O)CNC(=O)c1cccn1C. The van der Waals surface area contributed by atoms with Crippen LogP contribution in [0.15, 0.2) is 18.3 Å². The lowest BCUT2D eigenvalue weighted by Crippen LogP contribution is -2.44. The van der Waals surface area contributed by atoms with Crippen molar-refractivity contribution in [2.75, 3.05) is 6.54 Å². The minimum atomic E-state index is -0.874. The van der Waals surface area contributed by atoms with E-state index in [4.69, 9.17) is 0 Å². The van der Waals surface area contributed by atoms with Crippen molar-refractivity contribution in [1.29, 1.82) is 0 Å². The van der Waals surface area contributed by atoms with Gasteiger partial charge in [0.2, 0.25) is 0 Å². The van der Waals surface area contributed by atoms with Gasteiger partial charge in [0.05, 0.1) is 5.60 Å². The first kappa shape index (κ1) is 12.8. The van der Waals surface area contributed by atoms with E-state index in [0.717, 1.165) is 0 Å². The molecule has 1 amide bonds. The summed E-state index contributed by atoms with van der Waals surface area (Å²) in [7, 11) is 1.81. The van der Waals surface area contributed by atoms with Crippen LogP contribution in [0.2, 0.25) is 0 Å². The molecule has 0 spiro atoms. The summed E-state index contributed by atoms with van der Waals surface area (Å²) in [5.74, 6) is -0.0605. The highest BCUT2D eigenvalue weighted by atomic mass is 16.3. The molecule has 0 fully saturated rings. The first-order valence-electron chi connectivity index (χ1n) is 5.46. The highest BCUT2D eigenvalue weighted by Crippen LogP contribution is 2.14. The van der Waals surface area contributed by atoms with E-state index in [0.29, 0.717) is 5.69 Å². The van der Waals surface area contributed by atoms with Gasteiger partial charge in [0.1, 0.15) is 5.69 Å². The van der Waals surface area contributed by atoms with Crippen LogP contribution in [0, 0.1) is 5.92 Å². The van der Waals surface area contributed by atoms with Crippen LogP contribution in [0.25, 0.3) is 0 Å². The number of hydrogen-bond donors (Lipinski definition) is 2. The van der Waals surface area contributed by atoms with Crippen molar-refractivity contribution in [2.24, 2.45) is 13.0 Å². The molecule has 0 aliphatic rings. The second-order valence-electron chi connectivity index (χ2n) is 4.70. The van der Waals surface area contributed by atoms with Crippen molar-refractivity contribution in [3.8, 4) is 0 Å². The van der Waals surface area contributed by atoms with Gasteiger partial charge in [0.25, 0.3) is 5.91 Å². The van der Waals surface area contributed by atoms with Crippen molar-refractivity contribution in [1.82, 2.24) is 9.88 Å². The van der Waals surface area contributed by atoms with Crippen molar-refractivity contribution in [3.63, 3.8) is 0 Å². The van der Waals surface area contributed by atoms with Gasteiger partial charge in [-0.15, -0.1) is 0 Å². The Kier molecular flexibility index (Phi) is 3.75. The molecule has 0 unspecified atom stereocenters. The molecule has 0 radical (unpaired) electrons. The zero-order valence-corrected chi connectivity index (χ0v) is 10.3. The molecule has 1 rings (SSSR count). The molecule has 1 aromatic heterocycles. The molecule has 1 heterocycles. The average Bonchev–Trinajstić information content (AvgIpc) is 2.61. The predicted molar refractivity (Wildman–Crippen MR) is 63.2 cm³/mol. The minimum Gasteiger partial charge on any atom is -0.388 e. The van der Waals surface area contributed by atoms with Crippen LogP contribution in [-0.2, 0) is 7.05 Å². The van der Waals surface area contributed by atoms with E-state index in [1.54, 1.807) is 17.6 Å². The average molecular weight is 224 g/mol.